The molecule has 4 heteroatoms. The van der Waals surface area contributed by atoms with Gasteiger partial charge < -0.3 is 10.1 Å². The largest absolute Gasteiger partial charge is 0.376 e. The third-order valence-corrected chi connectivity index (χ3v) is 4.53. The first-order valence-electron chi connectivity index (χ1n) is 6.90. The minimum absolute atomic E-state index is 0.186. The summed E-state index contributed by atoms with van der Waals surface area (Å²) < 4.78 is 20.2. The van der Waals surface area contributed by atoms with Crippen molar-refractivity contribution in [3.05, 3.63) is 34.1 Å². The summed E-state index contributed by atoms with van der Waals surface area (Å²) in [6.45, 7) is 6.04. The molecule has 1 aromatic rings. The van der Waals surface area contributed by atoms with E-state index in [1.165, 1.54) is 6.07 Å². The Bertz CT molecular complexity index is 427. The Hall–Kier alpha value is -0.450. The minimum Gasteiger partial charge on any atom is -0.376 e. The van der Waals surface area contributed by atoms with E-state index < -0.39 is 0 Å². The van der Waals surface area contributed by atoms with Crippen molar-refractivity contribution in [3.8, 4) is 0 Å². The van der Waals surface area contributed by atoms with Crippen molar-refractivity contribution in [2.75, 3.05) is 13.2 Å². The van der Waals surface area contributed by atoms with Gasteiger partial charge in [-0.15, -0.1) is 0 Å². The van der Waals surface area contributed by atoms with Gasteiger partial charge in [0.1, 0.15) is 5.82 Å². The SMILES string of the molecule is CCNC(Cc1cc(F)ccc1Br)C1OCCC1C. The maximum Gasteiger partial charge on any atom is 0.123 e. The van der Waals surface area contributed by atoms with Gasteiger partial charge in [0.25, 0.3) is 0 Å². The zero-order valence-electron chi connectivity index (χ0n) is 11.5. The van der Waals surface area contributed by atoms with E-state index in [9.17, 15) is 4.39 Å². The summed E-state index contributed by atoms with van der Waals surface area (Å²) in [7, 11) is 0. The molecule has 0 bridgehead atoms. The Labute approximate surface area is 122 Å². The van der Waals surface area contributed by atoms with Crippen LogP contribution in [0.25, 0.3) is 0 Å². The zero-order valence-corrected chi connectivity index (χ0v) is 13.0. The molecule has 2 rings (SSSR count). The molecule has 1 N–H and O–H groups in total. The lowest BCUT2D eigenvalue weighted by atomic mass is 9.93. The van der Waals surface area contributed by atoms with E-state index in [0.29, 0.717) is 5.92 Å². The Balaban J connectivity index is 2.13. The molecule has 19 heavy (non-hydrogen) atoms. The molecule has 2 nitrogen and oxygen atoms in total. The van der Waals surface area contributed by atoms with Crippen molar-refractivity contribution >= 4 is 15.9 Å². The fourth-order valence-corrected chi connectivity index (χ4v) is 3.14. The maximum atomic E-state index is 13.4. The second-order valence-corrected chi connectivity index (χ2v) is 6.06. The van der Waals surface area contributed by atoms with Gasteiger partial charge in [-0.2, -0.15) is 0 Å². The molecule has 1 heterocycles. The lowest BCUT2D eigenvalue weighted by Crippen LogP contribution is -2.43. The van der Waals surface area contributed by atoms with Crippen molar-refractivity contribution in [3.63, 3.8) is 0 Å². The van der Waals surface area contributed by atoms with E-state index in [0.717, 1.165) is 36.0 Å². The summed E-state index contributed by atoms with van der Waals surface area (Å²) in [6.07, 6.45) is 2.10. The standard InChI is InChI=1S/C15H21BrFNO/c1-3-18-14(15-10(2)6-7-19-15)9-11-8-12(17)4-5-13(11)16/h4-5,8,10,14-15,18H,3,6-7,9H2,1-2H3. The lowest BCUT2D eigenvalue weighted by Gasteiger charge is -2.27. The molecule has 3 atom stereocenters. The molecule has 106 valence electrons. The van der Waals surface area contributed by atoms with Crippen LogP contribution in [0.2, 0.25) is 0 Å². The molecule has 1 aliphatic rings. The van der Waals surface area contributed by atoms with E-state index in [1.54, 1.807) is 12.1 Å². The number of benzene rings is 1. The van der Waals surface area contributed by atoms with Gasteiger partial charge in [-0.3, -0.25) is 0 Å². The van der Waals surface area contributed by atoms with Crippen LogP contribution in [0, 0.1) is 11.7 Å². The molecular formula is C15H21BrFNO. The molecule has 1 saturated heterocycles. The van der Waals surface area contributed by atoms with Gasteiger partial charge in [0, 0.05) is 17.1 Å². The van der Waals surface area contributed by atoms with Crippen LogP contribution in [0.3, 0.4) is 0 Å². The Kier molecular flexibility index (Phi) is 5.37. The van der Waals surface area contributed by atoms with Gasteiger partial charge in [0.15, 0.2) is 0 Å². The highest BCUT2D eigenvalue weighted by molar-refractivity contribution is 9.10. The molecule has 0 aliphatic carbocycles. The van der Waals surface area contributed by atoms with E-state index in [1.807, 2.05) is 0 Å². The van der Waals surface area contributed by atoms with Crippen molar-refractivity contribution in [2.24, 2.45) is 5.92 Å². The first kappa shape index (κ1) is 14.9. The van der Waals surface area contributed by atoms with Gasteiger partial charge in [-0.1, -0.05) is 29.8 Å². The van der Waals surface area contributed by atoms with Crippen LogP contribution < -0.4 is 5.32 Å². The smallest absolute Gasteiger partial charge is 0.123 e. The summed E-state index contributed by atoms with van der Waals surface area (Å²) in [5, 5.41) is 3.48. The molecule has 0 amide bonds. The third kappa shape index (κ3) is 3.77. The Morgan fingerprint density at radius 1 is 1.53 bits per heavy atom. The van der Waals surface area contributed by atoms with Crippen LogP contribution in [-0.4, -0.2) is 25.3 Å². The van der Waals surface area contributed by atoms with E-state index in [-0.39, 0.29) is 18.0 Å². The number of hydrogen-bond donors (Lipinski definition) is 1. The lowest BCUT2D eigenvalue weighted by molar-refractivity contribution is 0.0614. The van der Waals surface area contributed by atoms with Crippen LogP contribution in [-0.2, 0) is 11.2 Å². The third-order valence-electron chi connectivity index (χ3n) is 3.75. The van der Waals surface area contributed by atoms with E-state index in [4.69, 9.17) is 4.74 Å². The number of rotatable bonds is 5. The van der Waals surface area contributed by atoms with Crippen LogP contribution in [0.15, 0.2) is 22.7 Å². The molecule has 0 aromatic heterocycles. The first-order chi connectivity index (χ1) is 9.11. The van der Waals surface area contributed by atoms with Crippen LogP contribution in [0.5, 0.6) is 0 Å². The van der Waals surface area contributed by atoms with Crippen molar-refractivity contribution in [2.45, 2.75) is 38.8 Å². The Morgan fingerprint density at radius 3 is 2.95 bits per heavy atom. The van der Waals surface area contributed by atoms with Crippen LogP contribution in [0.4, 0.5) is 4.39 Å². The maximum absolute atomic E-state index is 13.4. The van der Waals surface area contributed by atoms with Crippen molar-refractivity contribution in [1.29, 1.82) is 0 Å². The normalized spacial score (nSPS) is 24.6. The monoisotopic (exact) mass is 329 g/mol. The molecule has 0 radical (unpaired) electrons. The minimum atomic E-state index is -0.186. The molecule has 1 fully saturated rings. The Morgan fingerprint density at radius 2 is 2.32 bits per heavy atom. The number of nitrogens with one attached hydrogen (secondary N) is 1. The number of hydrogen-bond acceptors (Lipinski definition) is 2. The second-order valence-electron chi connectivity index (χ2n) is 5.21. The molecule has 0 spiro atoms. The van der Waals surface area contributed by atoms with Crippen molar-refractivity contribution < 1.29 is 9.13 Å². The van der Waals surface area contributed by atoms with Gasteiger partial charge in [-0.05, 0) is 49.1 Å². The predicted octanol–water partition coefficient (Wildman–Crippen LogP) is 3.53. The van der Waals surface area contributed by atoms with Gasteiger partial charge in [0.05, 0.1) is 6.10 Å². The fourth-order valence-electron chi connectivity index (χ4n) is 2.73. The highest BCUT2D eigenvalue weighted by Gasteiger charge is 2.31. The molecule has 1 aromatic carbocycles. The quantitative estimate of drug-likeness (QED) is 0.892. The highest BCUT2D eigenvalue weighted by atomic mass is 79.9. The van der Waals surface area contributed by atoms with Crippen LogP contribution in [0.1, 0.15) is 25.8 Å². The van der Waals surface area contributed by atoms with Gasteiger partial charge in [0.2, 0.25) is 0 Å². The number of halogens is 2. The van der Waals surface area contributed by atoms with Crippen LogP contribution >= 0.6 is 15.9 Å². The second kappa shape index (κ2) is 6.82. The topological polar surface area (TPSA) is 21.3 Å². The fraction of sp³-hybridized carbons (Fsp3) is 0.600. The van der Waals surface area contributed by atoms with Crippen molar-refractivity contribution in [1.82, 2.24) is 5.32 Å². The molecular weight excluding hydrogens is 309 g/mol. The van der Waals surface area contributed by atoms with E-state index in [2.05, 4.69) is 35.1 Å². The predicted molar refractivity (Wildman–Crippen MR) is 78.8 cm³/mol. The van der Waals surface area contributed by atoms with E-state index >= 15 is 0 Å². The average Bonchev–Trinajstić information content (AvgIpc) is 2.79. The van der Waals surface area contributed by atoms with Gasteiger partial charge >= 0.3 is 0 Å². The molecule has 0 saturated carbocycles. The first-order valence-corrected chi connectivity index (χ1v) is 7.70. The summed E-state index contributed by atoms with van der Waals surface area (Å²) in [4.78, 5) is 0. The average molecular weight is 330 g/mol. The number of likely N-dealkylation sites (N-methyl/N-ethyl adjacent to an activating group) is 1. The summed E-state index contributed by atoms with van der Waals surface area (Å²) in [5.74, 6) is 0.366. The molecule has 1 aliphatic heterocycles. The summed E-state index contributed by atoms with van der Waals surface area (Å²) in [5.41, 5.74) is 0.994. The summed E-state index contributed by atoms with van der Waals surface area (Å²) >= 11 is 3.50. The highest BCUT2D eigenvalue weighted by Crippen LogP contribution is 2.27. The summed E-state index contributed by atoms with van der Waals surface area (Å²) in [6, 6.07) is 5.09. The zero-order chi connectivity index (χ0) is 13.8. The molecule has 3 unspecified atom stereocenters. The van der Waals surface area contributed by atoms with Gasteiger partial charge in [-0.25, -0.2) is 4.39 Å². The number of ether oxygens (including phenoxy) is 1.